The molecular weight excluding hydrogens is 347 g/mol. The van der Waals surface area contributed by atoms with Crippen LogP contribution in [0, 0.1) is 0 Å². The van der Waals surface area contributed by atoms with Gasteiger partial charge in [-0.3, -0.25) is 4.79 Å². The van der Waals surface area contributed by atoms with Gasteiger partial charge in [0.15, 0.2) is 0 Å². The third-order valence-corrected chi connectivity index (χ3v) is 4.95. The monoisotopic (exact) mass is 362 g/mol. The van der Waals surface area contributed by atoms with E-state index in [1.165, 1.54) is 22.5 Å². The van der Waals surface area contributed by atoms with E-state index in [2.05, 4.69) is 15.5 Å². The Labute approximate surface area is 147 Å². The molecule has 2 N–H and O–H groups in total. The summed E-state index contributed by atoms with van der Waals surface area (Å²) in [6, 6.07) is 4.79. The normalized spacial score (nSPS) is 16.2. The van der Waals surface area contributed by atoms with Crippen LogP contribution in [-0.4, -0.2) is 55.0 Å². The van der Waals surface area contributed by atoms with E-state index in [1.54, 1.807) is 19.2 Å². The average Bonchev–Trinajstić information content (AvgIpc) is 2.98. The highest BCUT2D eigenvalue weighted by molar-refractivity contribution is 7.99. The number of carboxylic acids is 1. The summed E-state index contributed by atoms with van der Waals surface area (Å²) in [5.74, 6) is -1.27. The fourth-order valence-corrected chi connectivity index (χ4v) is 3.39. The number of aromatic carboxylic acids is 1. The Morgan fingerprint density at radius 3 is 2.96 bits per heavy atom. The summed E-state index contributed by atoms with van der Waals surface area (Å²) in [4.78, 5) is 23.4. The Balaban J connectivity index is 1.64. The van der Waals surface area contributed by atoms with Crippen molar-refractivity contribution in [1.29, 1.82) is 0 Å². The molecule has 2 aromatic rings. The Morgan fingerprint density at radius 2 is 2.28 bits per heavy atom. The first-order valence-electron chi connectivity index (χ1n) is 7.52. The number of carboxylic acid groups (broad SMARTS) is 1. The maximum absolute atomic E-state index is 12.2. The predicted octanol–water partition coefficient (Wildman–Crippen LogP) is 0.445. The molecule has 0 saturated heterocycles. The number of hydrogen-bond donors (Lipinski definition) is 2. The molecule has 0 aliphatic carbocycles. The minimum absolute atomic E-state index is 0.00617. The maximum Gasteiger partial charge on any atom is 0.526 e. The number of para-hydroxylation sites is 1. The lowest BCUT2D eigenvalue weighted by molar-refractivity contribution is -0.116. The van der Waals surface area contributed by atoms with Crippen molar-refractivity contribution in [2.45, 2.75) is 23.8 Å². The number of aromatic nitrogens is 4. The standard InChI is InChI=1S/C14H15BN4O5S/c1-19-14(16-17-18-19)25-7-10(20)6-9-5-8-3-2-4-11(13(21)22)12(8)24-15(9)23/h2-4,9,23H,5-7H2,1H3,(H,21,22)/t9-/m1/s1. The predicted molar refractivity (Wildman–Crippen MR) is 88.6 cm³/mol. The molecule has 11 heteroatoms. The first kappa shape index (κ1) is 17.4. The van der Waals surface area contributed by atoms with Gasteiger partial charge in [-0.25, -0.2) is 9.48 Å². The summed E-state index contributed by atoms with van der Waals surface area (Å²) in [6.07, 6.45) is 0.496. The van der Waals surface area contributed by atoms with Crippen LogP contribution in [0.3, 0.4) is 0 Å². The summed E-state index contributed by atoms with van der Waals surface area (Å²) < 4.78 is 6.86. The van der Waals surface area contributed by atoms with Crippen LogP contribution in [0.4, 0.5) is 0 Å². The van der Waals surface area contributed by atoms with E-state index in [1.807, 2.05) is 0 Å². The third kappa shape index (κ3) is 3.82. The zero-order valence-electron chi connectivity index (χ0n) is 13.3. The van der Waals surface area contributed by atoms with Crippen molar-refractivity contribution in [3.05, 3.63) is 29.3 Å². The summed E-state index contributed by atoms with van der Waals surface area (Å²) in [6.45, 7) is 0. The molecule has 1 aromatic carbocycles. The Bertz CT molecular complexity index is 814. The van der Waals surface area contributed by atoms with E-state index in [4.69, 9.17) is 4.65 Å². The number of ketones is 1. The van der Waals surface area contributed by atoms with E-state index in [-0.39, 0.29) is 29.3 Å². The fourth-order valence-electron chi connectivity index (χ4n) is 2.67. The number of benzene rings is 1. The van der Waals surface area contributed by atoms with E-state index in [0.717, 1.165) is 0 Å². The topological polar surface area (TPSA) is 127 Å². The molecule has 0 radical (unpaired) electrons. The number of tetrazole rings is 1. The molecule has 0 fully saturated rings. The molecule has 25 heavy (non-hydrogen) atoms. The van der Waals surface area contributed by atoms with E-state index < -0.39 is 18.9 Å². The zero-order valence-corrected chi connectivity index (χ0v) is 14.1. The van der Waals surface area contributed by atoms with Crippen molar-refractivity contribution in [2.24, 2.45) is 7.05 Å². The molecule has 2 heterocycles. The highest BCUT2D eigenvalue weighted by Crippen LogP contribution is 2.36. The van der Waals surface area contributed by atoms with Gasteiger partial charge in [-0.2, -0.15) is 0 Å². The Morgan fingerprint density at radius 1 is 1.48 bits per heavy atom. The summed E-state index contributed by atoms with van der Waals surface area (Å²) in [5.41, 5.74) is 0.680. The van der Waals surface area contributed by atoms with Crippen LogP contribution in [0.15, 0.2) is 23.4 Å². The van der Waals surface area contributed by atoms with Gasteiger partial charge < -0.3 is 14.8 Å². The van der Waals surface area contributed by atoms with Crippen molar-refractivity contribution in [2.75, 3.05) is 5.75 Å². The third-order valence-electron chi connectivity index (χ3n) is 3.88. The number of fused-ring (bicyclic) bond motifs is 1. The van der Waals surface area contributed by atoms with E-state index >= 15 is 0 Å². The number of Topliss-reactive ketones (excluding diaryl/α,β-unsaturated/α-hetero) is 1. The smallest absolute Gasteiger partial charge is 0.526 e. The molecule has 0 amide bonds. The number of carbonyl (C=O) groups is 2. The van der Waals surface area contributed by atoms with Crippen LogP contribution in [0.25, 0.3) is 0 Å². The molecule has 0 bridgehead atoms. The number of hydrogen-bond acceptors (Lipinski definition) is 8. The van der Waals surface area contributed by atoms with Gasteiger partial charge in [0.2, 0.25) is 5.16 Å². The number of aryl methyl sites for hydroxylation is 1. The highest BCUT2D eigenvalue weighted by atomic mass is 32.2. The second kappa shape index (κ2) is 7.24. The van der Waals surface area contributed by atoms with Gasteiger partial charge in [0, 0.05) is 19.3 Å². The number of nitrogens with zero attached hydrogens (tertiary/aromatic N) is 4. The molecule has 0 unspecified atom stereocenters. The van der Waals surface area contributed by atoms with Crippen molar-refractivity contribution in [1.82, 2.24) is 20.2 Å². The van der Waals surface area contributed by atoms with Gasteiger partial charge in [-0.15, -0.1) is 5.10 Å². The maximum atomic E-state index is 12.2. The van der Waals surface area contributed by atoms with Crippen LogP contribution >= 0.6 is 11.8 Å². The summed E-state index contributed by atoms with van der Waals surface area (Å²) >= 11 is 1.22. The quantitative estimate of drug-likeness (QED) is 0.556. The first-order chi connectivity index (χ1) is 12.0. The number of rotatable bonds is 6. The Hall–Kier alpha value is -2.40. The van der Waals surface area contributed by atoms with Crippen LogP contribution in [-0.2, 0) is 18.3 Å². The van der Waals surface area contributed by atoms with Crippen molar-refractivity contribution in [3.63, 3.8) is 0 Å². The number of carbonyl (C=O) groups excluding carboxylic acids is 1. The van der Waals surface area contributed by atoms with Crippen LogP contribution in [0.2, 0.25) is 5.82 Å². The van der Waals surface area contributed by atoms with Crippen molar-refractivity contribution >= 4 is 30.6 Å². The minimum Gasteiger partial charge on any atom is -0.535 e. The zero-order chi connectivity index (χ0) is 18.0. The lowest BCUT2D eigenvalue weighted by Gasteiger charge is -2.27. The molecule has 130 valence electrons. The molecular formula is C14H15BN4O5S. The molecule has 1 aliphatic rings. The fraction of sp³-hybridized carbons (Fsp3) is 0.357. The van der Waals surface area contributed by atoms with Gasteiger partial charge in [0.05, 0.1) is 11.3 Å². The van der Waals surface area contributed by atoms with Crippen LogP contribution < -0.4 is 4.65 Å². The molecule has 1 aliphatic heterocycles. The van der Waals surface area contributed by atoms with Crippen LogP contribution in [0.1, 0.15) is 22.3 Å². The van der Waals surface area contributed by atoms with E-state index in [0.29, 0.717) is 17.1 Å². The molecule has 1 atom stereocenters. The van der Waals surface area contributed by atoms with E-state index in [9.17, 15) is 19.7 Å². The lowest BCUT2D eigenvalue weighted by atomic mass is 9.64. The lowest BCUT2D eigenvalue weighted by Crippen LogP contribution is -2.36. The SMILES string of the molecule is Cn1nnnc1SCC(=O)C[C@H]1Cc2cccc(C(=O)O)c2OB1O. The summed E-state index contributed by atoms with van der Waals surface area (Å²) in [7, 11) is 0.459. The van der Waals surface area contributed by atoms with Crippen molar-refractivity contribution < 1.29 is 24.4 Å². The van der Waals surface area contributed by atoms with Gasteiger partial charge >= 0.3 is 13.1 Å². The molecule has 0 spiro atoms. The summed E-state index contributed by atoms with van der Waals surface area (Å²) in [5, 5.41) is 30.8. The molecule has 3 rings (SSSR count). The van der Waals surface area contributed by atoms with Gasteiger partial charge in [0.1, 0.15) is 11.5 Å². The Kier molecular flexibility index (Phi) is 5.04. The minimum atomic E-state index is -1.22. The highest BCUT2D eigenvalue weighted by Gasteiger charge is 2.37. The molecule has 9 nitrogen and oxygen atoms in total. The molecule has 1 aromatic heterocycles. The van der Waals surface area contributed by atoms with Gasteiger partial charge in [0.25, 0.3) is 0 Å². The number of thioether (sulfide) groups is 1. The largest absolute Gasteiger partial charge is 0.535 e. The average molecular weight is 362 g/mol. The van der Waals surface area contributed by atoms with Gasteiger partial charge in [-0.05, 0) is 28.5 Å². The first-order valence-corrected chi connectivity index (χ1v) is 8.51. The second-order valence-electron chi connectivity index (χ2n) is 5.69. The second-order valence-corrected chi connectivity index (χ2v) is 6.63. The van der Waals surface area contributed by atoms with Crippen LogP contribution in [0.5, 0.6) is 5.75 Å². The van der Waals surface area contributed by atoms with Gasteiger partial charge in [-0.1, -0.05) is 23.9 Å². The van der Waals surface area contributed by atoms with Crippen molar-refractivity contribution in [3.8, 4) is 5.75 Å². The molecule has 0 saturated carbocycles.